The molecule has 60 heavy (non-hydrogen) atoms. The predicted molar refractivity (Wildman–Crippen MR) is 256 cm³/mol. The van der Waals surface area contributed by atoms with Crippen LogP contribution in [-0.4, -0.2) is 37.2 Å². The van der Waals surface area contributed by atoms with E-state index in [9.17, 15) is 14.4 Å². The molecule has 0 radical (unpaired) electrons. The van der Waals surface area contributed by atoms with Crippen LogP contribution in [0.15, 0.2) is 0 Å². The fraction of sp³-hybridized carbons (Fsp3) is 0.944. The summed E-state index contributed by atoms with van der Waals surface area (Å²) in [5, 5.41) is 0. The van der Waals surface area contributed by atoms with Crippen LogP contribution in [0.5, 0.6) is 0 Å². The Kier molecular flexibility index (Phi) is 45.7. The Morgan fingerprint density at radius 1 is 0.350 bits per heavy atom. The van der Waals surface area contributed by atoms with Crippen molar-refractivity contribution in [1.29, 1.82) is 0 Å². The van der Waals surface area contributed by atoms with Crippen LogP contribution < -0.4 is 0 Å². The third-order valence-corrected chi connectivity index (χ3v) is 12.6. The minimum absolute atomic E-state index is 0.0642. The van der Waals surface area contributed by atoms with Gasteiger partial charge in [-0.3, -0.25) is 14.4 Å². The average molecular weight is 849 g/mol. The normalized spacial score (nSPS) is 12.5. The van der Waals surface area contributed by atoms with Crippen LogP contribution in [0.4, 0.5) is 0 Å². The van der Waals surface area contributed by atoms with Crippen LogP contribution in [0.1, 0.15) is 298 Å². The maximum Gasteiger partial charge on any atom is 0.306 e. The third kappa shape index (κ3) is 45.9. The number of ether oxygens (including phenoxy) is 3. The summed E-state index contributed by atoms with van der Waals surface area (Å²) in [6.07, 6.45) is 48.2. The Bertz CT molecular complexity index is 918. The second kappa shape index (κ2) is 46.9. The second-order valence-electron chi connectivity index (χ2n) is 19.2. The smallest absolute Gasteiger partial charge is 0.306 e. The van der Waals surface area contributed by atoms with Gasteiger partial charge in [0.15, 0.2) is 6.10 Å². The van der Waals surface area contributed by atoms with E-state index in [4.69, 9.17) is 14.2 Å². The van der Waals surface area contributed by atoms with E-state index in [-0.39, 0.29) is 31.1 Å². The molecule has 0 fully saturated rings. The zero-order chi connectivity index (χ0) is 44.0. The maximum absolute atomic E-state index is 12.8. The van der Waals surface area contributed by atoms with Crippen LogP contribution in [0.3, 0.4) is 0 Å². The van der Waals surface area contributed by atoms with E-state index in [1.165, 1.54) is 186 Å². The molecule has 0 amide bonds. The lowest BCUT2D eigenvalue weighted by Gasteiger charge is -2.18. The summed E-state index contributed by atoms with van der Waals surface area (Å²) in [4.78, 5) is 37.9. The zero-order valence-corrected chi connectivity index (χ0v) is 41.1. The molecule has 0 aromatic heterocycles. The molecule has 0 bridgehead atoms. The molecule has 1 unspecified atom stereocenters. The van der Waals surface area contributed by atoms with Crippen molar-refractivity contribution < 1.29 is 28.6 Å². The molecule has 6 nitrogen and oxygen atoms in total. The molecular formula is C54H104O6. The van der Waals surface area contributed by atoms with Crippen LogP contribution in [0.2, 0.25) is 0 Å². The van der Waals surface area contributed by atoms with Crippen LogP contribution >= 0.6 is 0 Å². The van der Waals surface area contributed by atoms with Crippen molar-refractivity contribution in [2.75, 3.05) is 13.2 Å². The van der Waals surface area contributed by atoms with Gasteiger partial charge in [0.1, 0.15) is 13.2 Å². The van der Waals surface area contributed by atoms with E-state index in [1.807, 2.05) is 0 Å². The number of carbonyl (C=O) groups excluding carboxylic acids is 3. The van der Waals surface area contributed by atoms with Gasteiger partial charge < -0.3 is 14.2 Å². The van der Waals surface area contributed by atoms with Gasteiger partial charge in [-0.05, 0) is 31.1 Å². The monoisotopic (exact) mass is 849 g/mol. The molecule has 0 aliphatic rings. The summed E-state index contributed by atoms with van der Waals surface area (Å²) in [7, 11) is 0. The number of esters is 3. The highest BCUT2D eigenvalue weighted by atomic mass is 16.6. The lowest BCUT2D eigenvalue weighted by Crippen LogP contribution is -2.30. The maximum atomic E-state index is 12.8. The molecule has 6 heteroatoms. The van der Waals surface area contributed by atoms with Crippen molar-refractivity contribution in [1.82, 2.24) is 0 Å². The number of hydrogen-bond acceptors (Lipinski definition) is 6. The van der Waals surface area contributed by atoms with Crippen molar-refractivity contribution in [3.05, 3.63) is 0 Å². The first-order valence-corrected chi connectivity index (χ1v) is 26.8. The minimum atomic E-state index is -0.761. The van der Waals surface area contributed by atoms with Gasteiger partial charge in [-0.2, -0.15) is 0 Å². The van der Waals surface area contributed by atoms with Crippen molar-refractivity contribution in [3.63, 3.8) is 0 Å². The standard InChI is InChI=1S/C54H104O6/c1-6-8-9-10-11-12-24-29-34-39-44-52(55)58-47-51(48-59-53(56)45-40-35-31-26-27-32-37-42-49(3)4)60-54(57)46-41-36-30-25-22-20-18-16-14-13-15-17-19-21-23-28-33-38-43-50(5)7-2/h49-51H,6-48H2,1-5H3/t50?,51-/m1/s1. The Morgan fingerprint density at radius 2 is 0.633 bits per heavy atom. The fourth-order valence-electron chi connectivity index (χ4n) is 8.13. The number of carbonyl (C=O) groups is 3. The minimum Gasteiger partial charge on any atom is -0.462 e. The van der Waals surface area contributed by atoms with Gasteiger partial charge in [0.25, 0.3) is 0 Å². The van der Waals surface area contributed by atoms with Gasteiger partial charge >= 0.3 is 17.9 Å². The third-order valence-electron chi connectivity index (χ3n) is 12.6. The molecule has 0 rings (SSSR count). The number of rotatable bonds is 48. The van der Waals surface area contributed by atoms with Crippen molar-refractivity contribution >= 4 is 17.9 Å². The molecule has 0 saturated heterocycles. The first-order chi connectivity index (χ1) is 29.3. The van der Waals surface area contributed by atoms with Crippen molar-refractivity contribution in [3.8, 4) is 0 Å². The molecule has 0 aromatic carbocycles. The number of hydrogen-bond donors (Lipinski definition) is 0. The Labute approximate surface area is 374 Å². The SMILES string of the molecule is CCCCCCCCCCCCC(=O)OC[C@H](COC(=O)CCCCCCCCCC(C)C)OC(=O)CCCCCCCCCCCCCCCCCCCCC(C)CC. The van der Waals surface area contributed by atoms with Crippen LogP contribution in [-0.2, 0) is 28.6 Å². The van der Waals surface area contributed by atoms with Gasteiger partial charge in [0, 0.05) is 19.3 Å². The zero-order valence-electron chi connectivity index (χ0n) is 41.1. The fourth-order valence-corrected chi connectivity index (χ4v) is 8.13. The lowest BCUT2D eigenvalue weighted by atomic mass is 9.99. The largest absolute Gasteiger partial charge is 0.462 e. The average Bonchev–Trinajstić information content (AvgIpc) is 3.23. The molecule has 0 N–H and O–H groups in total. The second-order valence-corrected chi connectivity index (χ2v) is 19.2. The summed E-state index contributed by atoms with van der Waals surface area (Å²) in [6.45, 7) is 11.4. The molecule has 2 atom stereocenters. The summed E-state index contributed by atoms with van der Waals surface area (Å²) in [5.41, 5.74) is 0. The van der Waals surface area contributed by atoms with Crippen LogP contribution in [0.25, 0.3) is 0 Å². The molecule has 0 aliphatic carbocycles. The first kappa shape index (κ1) is 58.4. The molecule has 0 spiro atoms. The van der Waals surface area contributed by atoms with Gasteiger partial charge in [-0.15, -0.1) is 0 Å². The summed E-state index contributed by atoms with van der Waals surface area (Å²) < 4.78 is 16.8. The van der Waals surface area contributed by atoms with E-state index in [0.29, 0.717) is 19.3 Å². The number of unbranched alkanes of at least 4 members (excludes halogenated alkanes) is 32. The summed E-state index contributed by atoms with van der Waals surface area (Å²) in [6, 6.07) is 0. The van der Waals surface area contributed by atoms with E-state index >= 15 is 0 Å². The molecule has 0 heterocycles. The van der Waals surface area contributed by atoms with E-state index in [1.54, 1.807) is 0 Å². The Morgan fingerprint density at radius 3 is 0.950 bits per heavy atom. The van der Waals surface area contributed by atoms with Crippen molar-refractivity contribution in [2.24, 2.45) is 11.8 Å². The molecule has 356 valence electrons. The molecule has 0 saturated carbocycles. The van der Waals surface area contributed by atoms with Gasteiger partial charge in [-0.25, -0.2) is 0 Å². The molecule has 0 aromatic rings. The highest BCUT2D eigenvalue weighted by Gasteiger charge is 2.19. The Balaban J connectivity index is 4.18. The first-order valence-electron chi connectivity index (χ1n) is 26.8. The summed E-state index contributed by atoms with van der Waals surface area (Å²) >= 11 is 0. The van der Waals surface area contributed by atoms with E-state index in [2.05, 4.69) is 34.6 Å². The topological polar surface area (TPSA) is 78.9 Å². The van der Waals surface area contributed by atoms with E-state index < -0.39 is 6.10 Å². The van der Waals surface area contributed by atoms with Crippen LogP contribution in [0, 0.1) is 11.8 Å². The van der Waals surface area contributed by atoms with Gasteiger partial charge in [0.2, 0.25) is 0 Å². The van der Waals surface area contributed by atoms with Gasteiger partial charge in [-0.1, -0.05) is 259 Å². The Hall–Kier alpha value is -1.59. The summed E-state index contributed by atoms with van der Waals surface area (Å²) in [5.74, 6) is 0.839. The predicted octanol–water partition coefficient (Wildman–Crippen LogP) is 17.3. The molecule has 0 aliphatic heterocycles. The quantitative estimate of drug-likeness (QED) is 0.0345. The van der Waals surface area contributed by atoms with Crippen molar-refractivity contribution in [2.45, 2.75) is 304 Å². The highest BCUT2D eigenvalue weighted by Crippen LogP contribution is 2.18. The van der Waals surface area contributed by atoms with E-state index in [0.717, 1.165) is 69.6 Å². The van der Waals surface area contributed by atoms with Gasteiger partial charge in [0.05, 0.1) is 0 Å². The lowest BCUT2D eigenvalue weighted by molar-refractivity contribution is -0.167. The molecular weight excluding hydrogens is 745 g/mol. The highest BCUT2D eigenvalue weighted by molar-refractivity contribution is 5.71.